The standard InChI is InChI=1S/C18H36O/c1-10-18(9,17(7,8)14-19)12-11-16(5,6)13-15(2,3)4/h11-12,19H,10,13-14H2,1-9H3. The molecule has 0 aromatic carbocycles. The van der Waals surface area contributed by atoms with Crippen LogP contribution in [0.25, 0.3) is 0 Å². The first-order chi connectivity index (χ1) is 8.29. The predicted octanol–water partition coefficient (Wildman–Crippen LogP) is 5.44. The van der Waals surface area contributed by atoms with E-state index in [-0.39, 0.29) is 22.9 Å². The Morgan fingerprint density at radius 2 is 1.32 bits per heavy atom. The van der Waals surface area contributed by atoms with Crippen LogP contribution in [-0.4, -0.2) is 11.7 Å². The van der Waals surface area contributed by atoms with Gasteiger partial charge < -0.3 is 5.11 Å². The summed E-state index contributed by atoms with van der Waals surface area (Å²) < 4.78 is 0. The van der Waals surface area contributed by atoms with E-state index in [0.717, 1.165) is 12.8 Å². The second-order valence-corrected chi connectivity index (χ2v) is 8.87. The zero-order valence-electron chi connectivity index (χ0n) is 14.7. The highest BCUT2D eigenvalue weighted by Crippen LogP contribution is 2.44. The van der Waals surface area contributed by atoms with Gasteiger partial charge in [0.1, 0.15) is 0 Å². The van der Waals surface area contributed by atoms with Crippen LogP contribution in [0.2, 0.25) is 0 Å². The fraction of sp³-hybridized carbons (Fsp3) is 0.889. The third-order valence-electron chi connectivity index (χ3n) is 4.56. The molecule has 0 aromatic heterocycles. The van der Waals surface area contributed by atoms with Gasteiger partial charge >= 0.3 is 0 Å². The van der Waals surface area contributed by atoms with Gasteiger partial charge in [0.25, 0.3) is 0 Å². The van der Waals surface area contributed by atoms with E-state index in [9.17, 15) is 5.11 Å². The fourth-order valence-electron chi connectivity index (χ4n) is 2.84. The average Bonchev–Trinajstić information content (AvgIpc) is 2.22. The van der Waals surface area contributed by atoms with Crippen LogP contribution < -0.4 is 0 Å². The monoisotopic (exact) mass is 268 g/mol. The van der Waals surface area contributed by atoms with Gasteiger partial charge in [-0.25, -0.2) is 0 Å². The maximum absolute atomic E-state index is 9.64. The summed E-state index contributed by atoms with van der Waals surface area (Å²) in [6.45, 7) is 20.5. The number of aliphatic hydroxyl groups excluding tert-OH is 1. The first kappa shape index (κ1) is 18.7. The summed E-state index contributed by atoms with van der Waals surface area (Å²) in [5.41, 5.74) is 0.482. The van der Waals surface area contributed by atoms with Gasteiger partial charge in [0.05, 0.1) is 0 Å². The summed E-state index contributed by atoms with van der Waals surface area (Å²) >= 11 is 0. The minimum atomic E-state index is -0.0872. The van der Waals surface area contributed by atoms with Crippen molar-refractivity contribution in [3.8, 4) is 0 Å². The normalized spacial score (nSPS) is 17.8. The Morgan fingerprint density at radius 3 is 1.63 bits per heavy atom. The third-order valence-corrected chi connectivity index (χ3v) is 4.56. The Bertz CT molecular complexity index is 304. The maximum Gasteiger partial charge on any atom is 0.0490 e. The molecule has 1 nitrogen and oxygen atoms in total. The molecule has 0 radical (unpaired) electrons. The van der Waals surface area contributed by atoms with Crippen molar-refractivity contribution in [3.63, 3.8) is 0 Å². The van der Waals surface area contributed by atoms with Crippen LogP contribution in [0.4, 0.5) is 0 Å². The number of hydrogen-bond donors (Lipinski definition) is 1. The highest BCUT2D eigenvalue weighted by atomic mass is 16.3. The van der Waals surface area contributed by atoms with Gasteiger partial charge in [-0.05, 0) is 34.5 Å². The molecule has 0 amide bonds. The van der Waals surface area contributed by atoms with E-state index in [4.69, 9.17) is 0 Å². The molecule has 0 aliphatic heterocycles. The average molecular weight is 268 g/mol. The van der Waals surface area contributed by atoms with Crippen molar-refractivity contribution in [1.29, 1.82) is 0 Å². The van der Waals surface area contributed by atoms with E-state index < -0.39 is 0 Å². The number of hydrogen-bond acceptors (Lipinski definition) is 1. The van der Waals surface area contributed by atoms with Crippen LogP contribution in [0, 0.1) is 21.7 Å². The molecular weight excluding hydrogens is 232 g/mol. The van der Waals surface area contributed by atoms with Crippen molar-refractivity contribution in [2.24, 2.45) is 21.7 Å². The van der Waals surface area contributed by atoms with Crippen molar-refractivity contribution >= 4 is 0 Å². The topological polar surface area (TPSA) is 20.2 Å². The molecule has 1 atom stereocenters. The van der Waals surface area contributed by atoms with E-state index in [0.29, 0.717) is 5.41 Å². The van der Waals surface area contributed by atoms with Crippen molar-refractivity contribution in [2.75, 3.05) is 6.61 Å². The molecule has 1 unspecified atom stereocenters. The van der Waals surface area contributed by atoms with E-state index in [1.807, 2.05) is 0 Å². The summed E-state index contributed by atoms with van der Waals surface area (Å²) in [6.07, 6.45) is 6.91. The van der Waals surface area contributed by atoms with Crippen LogP contribution >= 0.6 is 0 Å². The Labute approximate surface area is 121 Å². The van der Waals surface area contributed by atoms with Crippen molar-refractivity contribution < 1.29 is 5.11 Å². The fourth-order valence-corrected chi connectivity index (χ4v) is 2.84. The Hall–Kier alpha value is -0.300. The van der Waals surface area contributed by atoms with E-state index in [1.54, 1.807) is 0 Å². The third kappa shape index (κ3) is 5.69. The van der Waals surface area contributed by atoms with Crippen molar-refractivity contribution in [1.82, 2.24) is 0 Å². The molecule has 0 aliphatic rings. The highest BCUT2D eigenvalue weighted by molar-refractivity contribution is 5.08. The lowest BCUT2D eigenvalue weighted by Gasteiger charge is -2.41. The summed E-state index contributed by atoms with van der Waals surface area (Å²) in [7, 11) is 0. The molecule has 1 N–H and O–H groups in total. The van der Waals surface area contributed by atoms with Crippen LogP contribution in [-0.2, 0) is 0 Å². The van der Waals surface area contributed by atoms with E-state index in [1.165, 1.54) is 0 Å². The van der Waals surface area contributed by atoms with Crippen molar-refractivity contribution in [3.05, 3.63) is 12.2 Å². The minimum Gasteiger partial charge on any atom is -0.396 e. The number of rotatable bonds is 6. The van der Waals surface area contributed by atoms with Crippen LogP contribution in [0.3, 0.4) is 0 Å². The Morgan fingerprint density at radius 1 is 0.842 bits per heavy atom. The van der Waals surface area contributed by atoms with E-state index >= 15 is 0 Å². The summed E-state index contributed by atoms with van der Waals surface area (Å²) in [6, 6.07) is 0. The first-order valence-electron chi connectivity index (χ1n) is 7.60. The highest BCUT2D eigenvalue weighted by Gasteiger charge is 2.37. The van der Waals surface area contributed by atoms with Gasteiger partial charge in [-0.3, -0.25) is 0 Å². The van der Waals surface area contributed by atoms with Crippen LogP contribution in [0.15, 0.2) is 12.2 Å². The zero-order chi connectivity index (χ0) is 15.5. The first-order valence-corrected chi connectivity index (χ1v) is 7.60. The summed E-state index contributed by atoms with van der Waals surface area (Å²) in [4.78, 5) is 0. The quantitative estimate of drug-likeness (QED) is 0.636. The molecule has 1 heteroatoms. The SMILES string of the molecule is CCC(C)(C=CC(C)(C)CC(C)(C)C)C(C)(C)CO. The Balaban J connectivity index is 5.13. The number of aliphatic hydroxyl groups is 1. The molecule has 0 spiro atoms. The molecule has 0 heterocycles. The summed E-state index contributed by atoms with van der Waals surface area (Å²) in [5.74, 6) is 0. The lowest BCUT2D eigenvalue weighted by atomic mass is 9.64. The molecule has 0 saturated heterocycles. The largest absolute Gasteiger partial charge is 0.396 e. The molecule has 0 fully saturated rings. The molecule has 114 valence electrons. The van der Waals surface area contributed by atoms with E-state index in [2.05, 4.69) is 74.5 Å². The van der Waals surface area contributed by atoms with Gasteiger partial charge in [-0.2, -0.15) is 0 Å². The number of allylic oxidation sites excluding steroid dienone is 2. The van der Waals surface area contributed by atoms with Crippen LogP contribution in [0.5, 0.6) is 0 Å². The molecule has 0 aromatic rings. The van der Waals surface area contributed by atoms with Gasteiger partial charge in [-0.15, -0.1) is 0 Å². The smallest absolute Gasteiger partial charge is 0.0490 e. The maximum atomic E-state index is 9.64. The second-order valence-electron chi connectivity index (χ2n) is 8.87. The minimum absolute atomic E-state index is 0.0386. The molecule has 0 aliphatic carbocycles. The lowest BCUT2D eigenvalue weighted by molar-refractivity contribution is 0.0539. The van der Waals surface area contributed by atoms with Crippen molar-refractivity contribution in [2.45, 2.75) is 75.2 Å². The van der Waals surface area contributed by atoms with Gasteiger partial charge in [0.2, 0.25) is 0 Å². The van der Waals surface area contributed by atoms with Crippen LogP contribution in [0.1, 0.15) is 75.2 Å². The van der Waals surface area contributed by atoms with Gasteiger partial charge in [0.15, 0.2) is 0 Å². The predicted molar refractivity (Wildman–Crippen MR) is 86.3 cm³/mol. The molecule has 0 saturated carbocycles. The van der Waals surface area contributed by atoms with Gasteiger partial charge in [-0.1, -0.05) is 74.5 Å². The molecular formula is C18H36O. The molecule has 19 heavy (non-hydrogen) atoms. The lowest BCUT2D eigenvalue weighted by Crippen LogP contribution is -2.36. The summed E-state index contributed by atoms with van der Waals surface area (Å²) in [5, 5.41) is 9.64. The zero-order valence-corrected chi connectivity index (χ0v) is 14.7. The molecule has 0 bridgehead atoms. The second kappa shape index (κ2) is 5.99. The molecule has 0 rings (SSSR count). The Kier molecular flexibility index (Phi) is 5.90. The van der Waals surface area contributed by atoms with Gasteiger partial charge in [0, 0.05) is 6.61 Å².